The molecule has 0 aliphatic rings. The molecule has 0 aromatic heterocycles. The van der Waals surface area contributed by atoms with Crippen molar-refractivity contribution < 1.29 is 4.39 Å². The summed E-state index contributed by atoms with van der Waals surface area (Å²) in [5, 5.41) is 0. The zero-order valence-corrected chi connectivity index (χ0v) is 8.90. The highest BCUT2D eigenvalue weighted by atomic mass is 19.1. The largest absolute Gasteiger partial charge is 0.248 e. The van der Waals surface area contributed by atoms with Gasteiger partial charge in [0.25, 0.3) is 0 Å². The van der Waals surface area contributed by atoms with Crippen LogP contribution < -0.4 is 0 Å². The average molecular weight is 186 g/mol. The van der Waals surface area contributed by atoms with Crippen LogP contribution in [0.15, 0.2) is 12.7 Å². The van der Waals surface area contributed by atoms with Gasteiger partial charge in [-0.2, -0.15) is 0 Å². The van der Waals surface area contributed by atoms with Gasteiger partial charge in [-0.15, -0.1) is 6.58 Å². The Labute approximate surface area is 82.2 Å². The molecule has 0 rings (SSSR count). The summed E-state index contributed by atoms with van der Waals surface area (Å²) < 4.78 is 12.4. The molecule has 0 saturated carbocycles. The van der Waals surface area contributed by atoms with Crippen LogP contribution in [0.5, 0.6) is 0 Å². The molecule has 0 nitrogen and oxygen atoms in total. The molecule has 0 aliphatic heterocycles. The van der Waals surface area contributed by atoms with Crippen LogP contribution in [-0.4, -0.2) is 6.17 Å². The van der Waals surface area contributed by atoms with Gasteiger partial charge in [0.15, 0.2) is 0 Å². The molecule has 1 unspecified atom stereocenters. The van der Waals surface area contributed by atoms with Crippen molar-refractivity contribution in [2.45, 2.75) is 64.5 Å². The number of alkyl halides is 1. The third-order valence-corrected chi connectivity index (χ3v) is 2.26. The lowest BCUT2D eigenvalue weighted by Crippen LogP contribution is -1.91. The molecule has 1 atom stereocenters. The van der Waals surface area contributed by atoms with Crippen LogP contribution in [-0.2, 0) is 0 Å². The molecule has 0 aliphatic carbocycles. The van der Waals surface area contributed by atoms with Crippen LogP contribution in [0, 0.1) is 0 Å². The van der Waals surface area contributed by atoms with Crippen molar-refractivity contribution >= 4 is 0 Å². The molecular formula is C12H23F. The predicted octanol–water partition coefficient (Wildman–Crippen LogP) is 4.65. The molecule has 0 amide bonds. The Hall–Kier alpha value is -0.330. The number of hydrogen-bond acceptors (Lipinski definition) is 0. The van der Waals surface area contributed by atoms with E-state index in [4.69, 9.17) is 0 Å². The van der Waals surface area contributed by atoms with Crippen molar-refractivity contribution in [1.82, 2.24) is 0 Å². The highest BCUT2D eigenvalue weighted by molar-refractivity contribution is 4.65. The summed E-state index contributed by atoms with van der Waals surface area (Å²) in [5.74, 6) is 0. The van der Waals surface area contributed by atoms with Gasteiger partial charge >= 0.3 is 0 Å². The minimum atomic E-state index is -0.610. The van der Waals surface area contributed by atoms with Gasteiger partial charge in [0, 0.05) is 0 Å². The fourth-order valence-corrected chi connectivity index (χ4v) is 1.42. The quantitative estimate of drug-likeness (QED) is 0.363. The molecule has 78 valence electrons. The van der Waals surface area contributed by atoms with E-state index in [-0.39, 0.29) is 0 Å². The fraction of sp³-hybridized carbons (Fsp3) is 0.833. The van der Waals surface area contributed by atoms with E-state index >= 15 is 0 Å². The van der Waals surface area contributed by atoms with Crippen molar-refractivity contribution in [3.05, 3.63) is 12.7 Å². The lowest BCUT2D eigenvalue weighted by molar-refractivity contribution is 0.329. The van der Waals surface area contributed by atoms with Gasteiger partial charge in [-0.05, 0) is 26.2 Å². The summed E-state index contributed by atoms with van der Waals surface area (Å²) in [4.78, 5) is 0. The minimum Gasteiger partial charge on any atom is -0.248 e. The van der Waals surface area contributed by atoms with Gasteiger partial charge in [-0.25, -0.2) is 4.39 Å². The van der Waals surface area contributed by atoms with E-state index in [9.17, 15) is 4.39 Å². The molecule has 0 radical (unpaired) electrons. The van der Waals surface area contributed by atoms with Crippen molar-refractivity contribution in [2.75, 3.05) is 0 Å². The van der Waals surface area contributed by atoms with Crippen molar-refractivity contribution in [2.24, 2.45) is 0 Å². The molecule has 0 aromatic rings. The first-order valence-electron chi connectivity index (χ1n) is 5.52. The first-order valence-corrected chi connectivity index (χ1v) is 5.52. The first-order chi connectivity index (χ1) is 6.27. The molecule has 0 fully saturated rings. The van der Waals surface area contributed by atoms with E-state index in [0.717, 1.165) is 19.3 Å². The maximum Gasteiger partial charge on any atom is 0.0973 e. The lowest BCUT2D eigenvalue weighted by Gasteiger charge is -2.01. The number of allylic oxidation sites excluding steroid dienone is 1. The van der Waals surface area contributed by atoms with Crippen LogP contribution in [0.4, 0.5) is 4.39 Å². The van der Waals surface area contributed by atoms with E-state index < -0.39 is 6.17 Å². The predicted molar refractivity (Wildman–Crippen MR) is 57.7 cm³/mol. The average Bonchev–Trinajstić information content (AvgIpc) is 2.09. The number of halogens is 1. The summed E-state index contributed by atoms with van der Waals surface area (Å²) in [6.07, 6.45) is 10.6. The second-order valence-electron chi connectivity index (χ2n) is 3.77. The van der Waals surface area contributed by atoms with Crippen molar-refractivity contribution in [3.63, 3.8) is 0 Å². The summed E-state index contributed by atoms with van der Waals surface area (Å²) in [6, 6.07) is 0. The number of hydrogen-bond donors (Lipinski definition) is 0. The Bertz CT molecular complexity index is 108. The van der Waals surface area contributed by atoms with Crippen LogP contribution in [0.2, 0.25) is 0 Å². The molecular weight excluding hydrogens is 163 g/mol. The van der Waals surface area contributed by atoms with E-state index in [1.165, 1.54) is 32.1 Å². The normalized spacial score (nSPS) is 12.8. The van der Waals surface area contributed by atoms with E-state index in [0.29, 0.717) is 0 Å². The molecule has 0 aromatic carbocycles. The maximum absolute atomic E-state index is 12.4. The van der Waals surface area contributed by atoms with Gasteiger partial charge in [0.1, 0.15) is 0 Å². The molecule has 0 N–H and O–H groups in total. The summed E-state index contributed by atoms with van der Waals surface area (Å²) in [5.41, 5.74) is 0. The smallest absolute Gasteiger partial charge is 0.0973 e. The summed E-state index contributed by atoms with van der Waals surface area (Å²) >= 11 is 0. The van der Waals surface area contributed by atoms with E-state index in [1.54, 1.807) is 6.92 Å². The number of rotatable bonds is 9. The highest BCUT2D eigenvalue weighted by Crippen LogP contribution is 2.10. The monoisotopic (exact) mass is 186 g/mol. The Morgan fingerprint density at radius 2 is 1.62 bits per heavy atom. The van der Waals surface area contributed by atoms with E-state index in [1.807, 2.05) is 6.08 Å². The minimum absolute atomic E-state index is 0.610. The Morgan fingerprint density at radius 3 is 2.15 bits per heavy atom. The standard InChI is InChI=1S/C12H23F/c1-3-4-5-6-7-8-9-10-11-12(2)13/h3,12H,1,4-11H2,2H3. The van der Waals surface area contributed by atoms with Crippen LogP contribution in [0.25, 0.3) is 0 Å². The van der Waals surface area contributed by atoms with Gasteiger partial charge in [-0.1, -0.05) is 38.2 Å². The molecule has 0 spiro atoms. The Balaban J connectivity index is 2.87. The van der Waals surface area contributed by atoms with Crippen LogP contribution in [0.1, 0.15) is 58.3 Å². The second-order valence-corrected chi connectivity index (χ2v) is 3.77. The summed E-state index contributed by atoms with van der Waals surface area (Å²) in [6.45, 7) is 5.33. The molecule has 1 heteroatoms. The maximum atomic E-state index is 12.4. The zero-order valence-electron chi connectivity index (χ0n) is 8.90. The van der Waals surface area contributed by atoms with Gasteiger partial charge < -0.3 is 0 Å². The third kappa shape index (κ3) is 11.7. The van der Waals surface area contributed by atoms with Crippen molar-refractivity contribution in [3.8, 4) is 0 Å². The Morgan fingerprint density at radius 1 is 1.08 bits per heavy atom. The first kappa shape index (κ1) is 12.7. The van der Waals surface area contributed by atoms with Crippen molar-refractivity contribution in [1.29, 1.82) is 0 Å². The summed E-state index contributed by atoms with van der Waals surface area (Å²) in [7, 11) is 0. The van der Waals surface area contributed by atoms with Crippen LogP contribution in [0.3, 0.4) is 0 Å². The van der Waals surface area contributed by atoms with E-state index in [2.05, 4.69) is 6.58 Å². The second kappa shape index (κ2) is 9.76. The van der Waals surface area contributed by atoms with Gasteiger partial charge in [-0.3, -0.25) is 0 Å². The molecule has 0 bridgehead atoms. The zero-order chi connectivity index (χ0) is 9.94. The molecule has 13 heavy (non-hydrogen) atoms. The SMILES string of the molecule is C=CCCCCCCCCC(C)F. The molecule has 0 heterocycles. The third-order valence-electron chi connectivity index (χ3n) is 2.26. The molecule has 0 saturated heterocycles. The topological polar surface area (TPSA) is 0 Å². The van der Waals surface area contributed by atoms with Crippen LogP contribution >= 0.6 is 0 Å². The van der Waals surface area contributed by atoms with Gasteiger partial charge in [0.2, 0.25) is 0 Å². The van der Waals surface area contributed by atoms with Gasteiger partial charge in [0.05, 0.1) is 6.17 Å². The number of unbranched alkanes of at least 4 members (excludes halogenated alkanes) is 6. The highest BCUT2D eigenvalue weighted by Gasteiger charge is 1.96. The lowest BCUT2D eigenvalue weighted by atomic mass is 10.1. The Kier molecular flexibility index (Phi) is 9.51. The fourth-order valence-electron chi connectivity index (χ4n) is 1.42.